The Hall–Kier alpha value is -2.50. The molecule has 4 rings (SSSR count). The van der Waals surface area contributed by atoms with Crippen LogP contribution in [-0.4, -0.2) is 41.8 Å². The standard InChI is InChI=1S/C20H25N3O3/c1-25-17-10-9-13(12-18(17)26-2)16-8-5-11-23(16)20(24)19-14-6-3-4-7-15(14)21-22-19/h9-10,12,16H,3-8,11H2,1-2H3,(H,21,22). The van der Waals surface area contributed by atoms with Crippen molar-refractivity contribution < 1.29 is 14.3 Å². The van der Waals surface area contributed by atoms with Crippen molar-refractivity contribution in [2.45, 2.75) is 44.6 Å². The number of H-pyrrole nitrogens is 1. The quantitative estimate of drug-likeness (QED) is 0.914. The van der Waals surface area contributed by atoms with Gasteiger partial charge in [0, 0.05) is 17.8 Å². The zero-order valence-corrected chi connectivity index (χ0v) is 15.4. The largest absolute Gasteiger partial charge is 0.493 e. The van der Waals surface area contributed by atoms with Gasteiger partial charge in [0.2, 0.25) is 0 Å². The normalized spacial score (nSPS) is 19.3. The molecule has 1 unspecified atom stereocenters. The van der Waals surface area contributed by atoms with Crippen LogP contribution in [-0.2, 0) is 12.8 Å². The van der Waals surface area contributed by atoms with E-state index in [-0.39, 0.29) is 11.9 Å². The van der Waals surface area contributed by atoms with E-state index >= 15 is 0 Å². The minimum absolute atomic E-state index is 0.0432. The summed E-state index contributed by atoms with van der Waals surface area (Å²) >= 11 is 0. The van der Waals surface area contributed by atoms with Gasteiger partial charge in [0.05, 0.1) is 20.3 Å². The highest BCUT2D eigenvalue weighted by molar-refractivity contribution is 5.94. The number of carbonyl (C=O) groups is 1. The highest BCUT2D eigenvalue weighted by atomic mass is 16.5. The summed E-state index contributed by atoms with van der Waals surface area (Å²) in [5, 5.41) is 7.46. The van der Waals surface area contributed by atoms with Gasteiger partial charge >= 0.3 is 0 Å². The van der Waals surface area contributed by atoms with E-state index in [0.29, 0.717) is 17.2 Å². The number of rotatable bonds is 4. The molecule has 2 aliphatic rings. The number of ether oxygens (including phenoxy) is 2. The molecule has 1 aliphatic heterocycles. The molecule has 0 saturated carbocycles. The summed E-state index contributed by atoms with van der Waals surface area (Å²) in [6.07, 6.45) is 6.19. The molecule has 1 aromatic carbocycles. The number of benzene rings is 1. The molecule has 1 aromatic heterocycles. The number of nitrogens with zero attached hydrogens (tertiary/aromatic N) is 2. The molecule has 26 heavy (non-hydrogen) atoms. The van der Waals surface area contributed by atoms with Gasteiger partial charge in [0.25, 0.3) is 5.91 Å². The average Bonchev–Trinajstić information content (AvgIpc) is 3.34. The first-order chi connectivity index (χ1) is 12.7. The second kappa shape index (κ2) is 7.02. The van der Waals surface area contributed by atoms with Crippen molar-refractivity contribution >= 4 is 5.91 Å². The van der Waals surface area contributed by atoms with Crippen LogP contribution in [0.2, 0.25) is 0 Å². The lowest BCUT2D eigenvalue weighted by Gasteiger charge is -2.25. The molecule has 6 nitrogen and oxygen atoms in total. The predicted molar refractivity (Wildman–Crippen MR) is 97.8 cm³/mol. The van der Waals surface area contributed by atoms with Gasteiger partial charge in [-0.2, -0.15) is 5.10 Å². The Balaban J connectivity index is 1.62. The van der Waals surface area contributed by atoms with Crippen LogP contribution in [0.25, 0.3) is 0 Å². The molecule has 1 atom stereocenters. The molecule has 2 heterocycles. The summed E-state index contributed by atoms with van der Waals surface area (Å²) in [5.74, 6) is 1.44. The lowest BCUT2D eigenvalue weighted by atomic mass is 9.95. The molecule has 138 valence electrons. The van der Waals surface area contributed by atoms with Crippen LogP contribution >= 0.6 is 0 Å². The molecule has 2 aromatic rings. The number of nitrogens with one attached hydrogen (secondary N) is 1. The number of fused-ring (bicyclic) bond motifs is 1. The lowest BCUT2D eigenvalue weighted by molar-refractivity contribution is 0.0728. The highest BCUT2D eigenvalue weighted by Gasteiger charge is 2.34. The molecule has 0 spiro atoms. The number of likely N-dealkylation sites (tertiary alicyclic amines) is 1. The maximum atomic E-state index is 13.2. The molecule has 0 radical (unpaired) electrons. The van der Waals surface area contributed by atoms with E-state index in [9.17, 15) is 4.79 Å². The third kappa shape index (κ3) is 2.83. The number of carbonyl (C=O) groups excluding carboxylic acids is 1. The second-order valence-electron chi connectivity index (χ2n) is 7.01. The molecule has 1 amide bonds. The molecule has 1 fully saturated rings. The fourth-order valence-electron chi connectivity index (χ4n) is 4.21. The number of aromatic amines is 1. The molecular formula is C20H25N3O3. The topological polar surface area (TPSA) is 67.5 Å². The lowest BCUT2D eigenvalue weighted by Crippen LogP contribution is -2.31. The van der Waals surface area contributed by atoms with Crippen LogP contribution in [0.5, 0.6) is 11.5 Å². The Morgan fingerprint density at radius 1 is 1.15 bits per heavy atom. The number of aryl methyl sites for hydroxylation is 1. The number of methoxy groups -OCH3 is 2. The van der Waals surface area contributed by atoms with Crippen molar-refractivity contribution in [2.24, 2.45) is 0 Å². The van der Waals surface area contributed by atoms with Crippen molar-refractivity contribution in [2.75, 3.05) is 20.8 Å². The van der Waals surface area contributed by atoms with E-state index in [2.05, 4.69) is 10.2 Å². The van der Waals surface area contributed by atoms with Gasteiger partial charge in [-0.3, -0.25) is 9.89 Å². The Kier molecular flexibility index (Phi) is 4.57. The van der Waals surface area contributed by atoms with Crippen LogP contribution in [0.3, 0.4) is 0 Å². The summed E-state index contributed by atoms with van der Waals surface area (Å²) in [6, 6.07) is 5.97. The predicted octanol–water partition coefficient (Wildman–Crippen LogP) is 3.28. The zero-order valence-electron chi connectivity index (χ0n) is 15.4. The van der Waals surface area contributed by atoms with Gasteiger partial charge in [-0.1, -0.05) is 6.07 Å². The van der Waals surface area contributed by atoms with Crippen LogP contribution < -0.4 is 9.47 Å². The number of hydrogen-bond acceptors (Lipinski definition) is 4. The Morgan fingerprint density at radius 3 is 2.77 bits per heavy atom. The zero-order chi connectivity index (χ0) is 18.1. The maximum Gasteiger partial charge on any atom is 0.275 e. The van der Waals surface area contributed by atoms with E-state index in [4.69, 9.17) is 9.47 Å². The first-order valence-corrected chi connectivity index (χ1v) is 9.32. The number of hydrogen-bond donors (Lipinski definition) is 1. The Labute approximate surface area is 153 Å². The van der Waals surface area contributed by atoms with E-state index in [1.54, 1.807) is 14.2 Å². The summed E-state index contributed by atoms with van der Waals surface area (Å²) < 4.78 is 10.8. The highest BCUT2D eigenvalue weighted by Crippen LogP contribution is 2.38. The SMILES string of the molecule is COc1ccc(C2CCCN2C(=O)c2n[nH]c3c2CCCC3)cc1OC. The van der Waals surface area contributed by atoms with Gasteiger partial charge in [0.1, 0.15) is 0 Å². The molecule has 6 heteroatoms. The number of aromatic nitrogens is 2. The van der Waals surface area contributed by atoms with Crippen LogP contribution in [0.15, 0.2) is 18.2 Å². The van der Waals surface area contributed by atoms with Crippen LogP contribution in [0.4, 0.5) is 0 Å². The first-order valence-electron chi connectivity index (χ1n) is 9.32. The van der Waals surface area contributed by atoms with E-state index < -0.39 is 0 Å². The molecule has 0 bridgehead atoms. The Morgan fingerprint density at radius 2 is 1.96 bits per heavy atom. The van der Waals surface area contributed by atoms with Crippen LogP contribution in [0, 0.1) is 0 Å². The van der Waals surface area contributed by atoms with E-state index in [1.807, 2.05) is 23.1 Å². The minimum atomic E-state index is 0.0432. The summed E-state index contributed by atoms with van der Waals surface area (Å²) in [5.41, 5.74) is 3.96. The molecule has 1 saturated heterocycles. The molecule has 1 aliphatic carbocycles. The van der Waals surface area contributed by atoms with Gasteiger partial charge < -0.3 is 14.4 Å². The van der Waals surface area contributed by atoms with Crippen molar-refractivity contribution in [1.29, 1.82) is 0 Å². The van der Waals surface area contributed by atoms with Gasteiger partial charge in [0.15, 0.2) is 17.2 Å². The Bertz CT molecular complexity index is 815. The van der Waals surface area contributed by atoms with Gasteiger partial charge in [-0.25, -0.2) is 0 Å². The maximum absolute atomic E-state index is 13.2. The van der Waals surface area contributed by atoms with Crippen molar-refractivity contribution in [3.05, 3.63) is 40.7 Å². The fraction of sp³-hybridized carbons (Fsp3) is 0.500. The summed E-state index contributed by atoms with van der Waals surface area (Å²) in [4.78, 5) is 15.2. The van der Waals surface area contributed by atoms with Crippen molar-refractivity contribution in [1.82, 2.24) is 15.1 Å². The fourth-order valence-corrected chi connectivity index (χ4v) is 4.21. The van der Waals surface area contributed by atoms with Crippen molar-refractivity contribution in [3.8, 4) is 11.5 Å². The number of amides is 1. The van der Waals surface area contributed by atoms with Gasteiger partial charge in [-0.05, 0) is 56.2 Å². The monoisotopic (exact) mass is 355 g/mol. The third-order valence-corrected chi connectivity index (χ3v) is 5.56. The average molecular weight is 355 g/mol. The van der Waals surface area contributed by atoms with Gasteiger partial charge in [-0.15, -0.1) is 0 Å². The second-order valence-corrected chi connectivity index (χ2v) is 7.01. The summed E-state index contributed by atoms with van der Waals surface area (Å²) in [7, 11) is 3.26. The van der Waals surface area contributed by atoms with E-state index in [1.165, 1.54) is 6.42 Å². The first kappa shape index (κ1) is 16.9. The van der Waals surface area contributed by atoms with Crippen molar-refractivity contribution in [3.63, 3.8) is 0 Å². The minimum Gasteiger partial charge on any atom is -0.493 e. The molecule has 1 N–H and O–H groups in total. The smallest absolute Gasteiger partial charge is 0.275 e. The third-order valence-electron chi connectivity index (χ3n) is 5.56. The van der Waals surface area contributed by atoms with Crippen LogP contribution in [0.1, 0.15) is 59.0 Å². The molecular weight excluding hydrogens is 330 g/mol. The van der Waals surface area contributed by atoms with E-state index in [0.717, 1.165) is 55.5 Å². The summed E-state index contributed by atoms with van der Waals surface area (Å²) in [6.45, 7) is 0.763.